The van der Waals surface area contributed by atoms with Crippen LogP contribution in [0.2, 0.25) is 5.02 Å². The molecular weight excluding hydrogens is 470 g/mol. The summed E-state index contributed by atoms with van der Waals surface area (Å²) >= 11 is 7.92. The van der Waals surface area contributed by atoms with Crippen molar-refractivity contribution in [3.05, 3.63) is 85.3 Å². The second kappa shape index (κ2) is 15.0. The molecule has 0 amide bonds. The van der Waals surface area contributed by atoms with Crippen LogP contribution in [0, 0.1) is 43.9 Å². The highest BCUT2D eigenvalue weighted by Crippen LogP contribution is 2.24. The number of nitrogens with zero attached hydrogens (tertiary/aromatic N) is 2. The van der Waals surface area contributed by atoms with E-state index in [9.17, 15) is 0 Å². The van der Waals surface area contributed by atoms with Gasteiger partial charge in [0.25, 0.3) is 0 Å². The quantitative estimate of drug-likeness (QED) is 0.299. The van der Waals surface area contributed by atoms with Crippen molar-refractivity contribution in [3.8, 4) is 6.07 Å². The zero-order chi connectivity index (χ0) is 25.8. The molecular formula is C30H40ClN3S. The van der Waals surface area contributed by atoms with E-state index in [1.807, 2.05) is 18.2 Å². The number of rotatable bonds is 10. The molecule has 2 aromatic carbocycles. The third-order valence-corrected chi connectivity index (χ3v) is 8.09. The smallest absolute Gasteiger partial charge is 0.101 e. The fraction of sp³-hybridized carbons (Fsp3) is 0.467. The highest BCUT2D eigenvalue weighted by atomic mass is 35.5. The highest BCUT2D eigenvalue weighted by Gasteiger charge is 2.16. The molecule has 188 valence electrons. The molecule has 3 rings (SSSR count). The fourth-order valence-electron chi connectivity index (χ4n) is 4.30. The molecule has 0 saturated carbocycles. The van der Waals surface area contributed by atoms with Crippen LogP contribution < -0.4 is 5.32 Å². The Bertz CT molecular complexity index is 1100. The Kier molecular flexibility index (Phi) is 12.5. The van der Waals surface area contributed by atoms with Crippen LogP contribution in [0.4, 0.5) is 0 Å². The van der Waals surface area contributed by atoms with Crippen molar-refractivity contribution < 1.29 is 0 Å². The van der Waals surface area contributed by atoms with Crippen molar-refractivity contribution in [2.45, 2.75) is 73.8 Å². The molecule has 0 fully saturated rings. The lowest BCUT2D eigenvalue weighted by atomic mass is 9.86. The maximum atomic E-state index is 8.97. The molecule has 0 saturated heterocycles. The van der Waals surface area contributed by atoms with E-state index in [1.165, 1.54) is 28.0 Å². The first-order chi connectivity index (χ1) is 16.8. The first kappa shape index (κ1) is 29.0. The van der Waals surface area contributed by atoms with Crippen molar-refractivity contribution in [1.29, 1.82) is 5.26 Å². The van der Waals surface area contributed by atoms with E-state index in [-0.39, 0.29) is 0 Å². The van der Waals surface area contributed by atoms with E-state index in [2.05, 4.69) is 82.2 Å². The number of hydrogen-bond donors (Lipinski definition) is 1. The maximum absolute atomic E-state index is 8.97. The Hall–Kier alpha value is -2.19. The number of hydrogen-bond acceptors (Lipinski definition) is 4. The van der Waals surface area contributed by atoms with Gasteiger partial charge in [-0.15, -0.1) is 11.3 Å². The lowest BCUT2D eigenvalue weighted by molar-refractivity contribution is 0.313. The molecule has 1 N–H and O–H groups in total. The third-order valence-electron chi connectivity index (χ3n) is 6.71. The topological polar surface area (TPSA) is 48.7 Å². The van der Waals surface area contributed by atoms with E-state index in [1.54, 1.807) is 11.3 Å². The van der Waals surface area contributed by atoms with Crippen LogP contribution in [0.25, 0.3) is 0 Å². The van der Waals surface area contributed by atoms with Gasteiger partial charge in [0, 0.05) is 11.4 Å². The van der Waals surface area contributed by atoms with E-state index < -0.39 is 0 Å². The molecule has 35 heavy (non-hydrogen) atoms. The largest absolute Gasteiger partial charge is 0.312 e. The van der Waals surface area contributed by atoms with Crippen LogP contribution in [0.5, 0.6) is 0 Å². The standard InChI is InChI=1S/C21H28ClN3S.C9H12/c1-5-18(12-24-13-21-15(3)25-16(4)26-21)14(2)6-7-17-8-9-19(11-23)20(22)10-17;1-3-9-7-5-4-6-8(9)2/h8-10,14,18,24H,5-7,12-13H2,1-4H3;4-7H,3H2,1-2H3. The van der Waals surface area contributed by atoms with Crippen molar-refractivity contribution in [3.63, 3.8) is 0 Å². The number of thiazole rings is 1. The van der Waals surface area contributed by atoms with E-state index in [0.29, 0.717) is 22.4 Å². The molecule has 5 heteroatoms. The van der Waals surface area contributed by atoms with E-state index in [0.717, 1.165) is 43.1 Å². The van der Waals surface area contributed by atoms with Crippen LogP contribution in [0.3, 0.4) is 0 Å². The minimum Gasteiger partial charge on any atom is -0.312 e. The van der Waals surface area contributed by atoms with Crippen molar-refractivity contribution in [2.75, 3.05) is 6.54 Å². The fourth-order valence-corrected chi connectivity index (χ4v) is 5.45. The summed E-state index contributed by atoms with van der Waals surface area (Å²) in [5.74, 6) is 1.28. The summed E-state index contributed by atoms with van der Waals surface area (Å²) in [6.45, 7) is 15.0. The maximum Gasteiger partial charge on any atom is 0.101 e. The first-order valence-corrected chi connectivity index (χ1v) is 13.8. The zero-order valence-corrected chi connectivity index (χ0v) is 23.7. The molecule has 3 nitrogen and oxygen atoms in total. The second-order valence-corrected chi connectivity index (χ2v) is 11.0. The van der Waals surface area contributed by atoms with Crippen molar-refractivity contribution in [2.24, 2.45) is 11.8 Å². The van der Waals surface area contributed by atoms with Gasteiger partial charge in [-0.05, 0) is 87.2 Å². The Balaban J connectivity index is 0.000000402. The molecule has 0 aliphatic rings. The lowest BCUT2D eigenvalue weighted by Gasteiger charge is -2.23. The van der Waals surface area contributed by atoms with E-state index in [4.69, 9.17) is 16.9 Å². The summed E-state index contributed by atoms with van der Waals surface area (Å²) in [5.41, 5.74) is 5.77. The van der Waals surface area contributed by atoms with Crippen LogP contribution in [-0.2, 0) is 19.4 Å². The zero-order valence-electron chi connectivity index (χ0n) is 22.1. The summed E-state index contributed by atoms with van der Waals surface area (Å²) in [7, 11) is 0. The SMILES string of the molecule is CCC(CNCc1sc(C)nc1C)C(C)CCc1ccc(C#N)c(Cl)c1.CCc1ccccc1C. The summed E-state index contributed by atoms with van der Waals surface area (Å²) in [6.07, 6.45) is 4.44. The van der Waals surface area contributed by atoms with Crippen LogP contribution >= 0.6 is 22.9 Å². The first-order valence-electron chi connectivity index (χ1n) is 12.7. The summed E-state index contributed by atoms with van der Waals surface area (Å²) < 4.78 is 0. The van der Waals surface area contributed by atoms with Gasteiger partial charge in [-0.25, -0.2) is 4.98 Å². The van der Waals surface area contributed by atoms with E-state index >= 15 is 0 Å². The molecule has 1 aromatic heterocycles. The normalized spacial score (nSPS) is 12.4. The number of halogens is 1. The monoisotopic (exact) mass is 509 g/mol. The van der Waals surface area contributed by atoms with Gasteiger partial charge in [-0.1, -0.05) is 69.1 Å². The van der Waals surface area contributed by atoms with Gasteiger partial charge in [0.15, 0.2) is 0 Å². The van der Waals surface area contributed by atoms with Crippen LogP contribution in [0.15, 0.2) is 42.5 Å². The van der Waals surface area contributed by atoms with Gasteiger partial charge in [-0.3, -0.25) is 0 Å². The van der Waals surface area contributed by atoms with Gasteiger partial charge >= 0.3 is 0 Å². The van der Waals surface area contributed by atoms with Gasteiger partial charge in [-0.2, -0.15) is 5.26 Å². The molecule has 0 radical (unpaired) electrons. The van der Waals surface area contributed by atoms with Gasteiger partial charge < -0.3 is 5.32 Å². The predicted octanol–water partition coefficient (Wildman–Crippen LogP) is 8.23. The van der Waals surface area contributed by atoms with Gasteiger partial charge in [0.2, 0.25) is 0 Å². The second-order valence-electron chi connectivity index (χ2n) is 9.26. The Morgan fingerprint density at radius 1 is 1.11 bits per heavy atom. The Labute approximate surface area is 221 Å². The number of aromatic nitrogens is 1. The molecule has 0 aliphatic carbocycles. The molecule has 2 atom stereocenters. The van der Waals surface area contributed by atoms with Crippen molar-refractivity contribution in [1.82, 2.24) is 10.3 Å². The van der Waals surface area contributed by atoms with Gasteiger partial charge in [0.1, 0.15) is 6.07 Å². The highest BCUT2D eigenvalue weighted by molar-refractivity contribution is 7.11. The van der Waals surface area contributed by atoms with Gasteiger partial charge in [0.05, 0.1) is 21.3 Å². The molecule has 0 spiro atoms. The molecule has 0 aliphatic heterocycles. The molecule has 1 heterocycles. The lowest BCUT2D eigenvalue weighted by Crippen LogP contribution is -2.26. The number of benzene rings is 2. The van der Waals surface area contributed by atoms with Crippen molar-refractivity contribution >= 4 is 22.9 Å². The number of aryl methyl sites for hydroxylation is 5. The van der Waals surface area contributed by atoms with Crippen LogP contribution in [0.1, 0.15) is 71.4 Å². The average molecular weight is 510 g/mol. The number of nitrogens with one attached hydrogen (secondary N) is 1. The Morgan fingerprint density at radius 2 is 1.86 bits per heavy atom. The minimum absolute atomic E-state index is 0.549. The summed E-state index contributed by atoms with van der Waals surface area (Å²) in [6, 6.07) is 16.4. The molecule has 2 unspecified atom stereocenters. The Morgan fingerprint density at radius 3 is 2.40 bits per heavy atom. The number of nitriles is 1. The summed E-state index contributed by atoms with van der Waals surface area (Å²) in [4.78, 5) is 5.84. The predicted molar refractivity (Wildman–Crippen MR) is 151 cm³/mol. The summed E-state index contributed by atoms with van der Waals surface area (Å²) in [5, 5.41) is 14.3. The van der Waals surface area contributed by atoms with Crippen LogP contribution in [-0.4, -0.2) is 11.5 Å². The average Bonchev–Trinajstić information content (AvgIpc) is 3.17. The third kappa shape index (κ3) is 9.41. The molecule has 3 aromatic rings. The molecule has 0 bridgehead atoms. The minimum atomic E-state index is 0.549.